The topological polar surface area (TPSA) is 51.2 Å². The normalized spacial score (nSPS) is 20.4. The van der Waals surface area contributed by atoms with Gasteiger partial charge in [-0.1, -0.05) is 19.1 Å². The number of carbonyl (C=O) groups excluding carboxylic acids is 1. The number of rotatable bonds is 5. The zero-order valence-corrected chi connectivity index (χ0v) is 12.0. The molecule has 2 atom stereocenters. The Morgan fingerprint density at radius 3 is 3.00 bits per heavy atom. The maximum absolute atomic E-state index is 12.0. The number of amides is 1. The molecular weight excluding hydrogens is 272 g/mol. The fourth-order valence-electron chi connectivity index (χ4n) is 2.07. The van der Waals surface area contributed by atoms with Crippen LogP contribution in [0.5, 0.6) is 5.75 Å². The number of aromatic nitrogens is 1. The molecule has 1 saturated carbocycles. The van der Waals surface area contributed by atoms with Crippen LogP contribution in [0.15, 0.2) is 35.2 Å². The lowest BCUT2D eigenvalue weighted by Crippen LogP contribution is -2.15. The molecule has 1 aliphatic carbocycles. The molecule has 1 N–H and O–H groups in total. The Hall–Kier alpha value is -1.88. The summed E-state index contributed by atoms with van der Waals surface area (Å²) in [5.41, 5.74) is 3.40. The van der Waals surface area contributed by atoms with Crippen LogP contribution in [0, 0.1) is 11.8 Å². The van der Waals surface area contributed by atoms with Gasteiger partial charge in [0.15, 0.2) is 0 Å². The summed E-state index contributed by atoms with van der Waals surface area (Å²) >= 11 is 1.54. The van der Waals surface area contributed by atoms with Crippen LogP contribution in [0.1, 0.15) is 19.0 Å². The third-order valence-electron chi connectivity index (χ3n) is 3.45. The number of hydrogen-bond donors (Lipinski definition) is 1. The fourth-order valence-corrected chi connectivity index (χ4v) is 2.61. The van der Waals surface area contributed by atoms with Gasteiger partial charge in [-0.05, 0) is 24.5 Å². The number of hydrogen-bond acceptors (Lipinski definition) is 4. The number of para-hydroxylation sites is 2. The van der Waals surface area contributed by atoms with E-state index < -0.39 is 0 Å². The van der Waals surface area contributed by atoms with Crippen molar-refractivity contribution >= 4 is 22.9 Å². The zero-order valence-electron chi connectivity index (χ0n) is 11.2. The van der Waals surface area contributed by atoms with E-state index in [0.29, 0.717) is 18.3 Å². The van der Waals surface area contributed by atoms with Crippen molar-refractivity contribution in [2.24, 2.45) is 11.8 Å². The van der Waals surface area contributed by atoms with Gasteiger partial charge in [0.05, 0.1) is 16.9 Å². The lowest BCUT2D eigenvalue weighted by atomic mass is 10.2. The first kappa shape index (κ1) is 13.1. The summed E-state index contributed by atoms with van der Waals surface area (Å²) in [6, 6.07) is 7.51. The maximum atomic E-state index is 12.0. The number of ether oxygens (including phenoxy) is 1. The number of benzene rings is 1. The summed E-state index contributed by atoms with van der Waals surface area (Å²) < 4.78 is 5.74. The second-order valence-electron chi connectivity index (χ2n) is 5.07. The van der Waals surface area contributed by atoms with Crippen molar-refractivity contribution in [2.45, 2.75) is 20.0 Å². The minimum absolute atomic E-state index is 0.0854. The minimum Gasteiger partial charge on any atom is -0.485 e. The molecule has 1 aromatic carbocycles. The molecule has 1 aromatic heterocycles. The van der Waals surface area contributed by atoms with Gasteiger partial charge in [-0.2, -0.15) is 0 Å². The predicted octanol–water partition coefficient (Wildman–Crippen LogP) is 3.32. The third-order valence-corrected chi connectivity index (χ3v) is 4.09. The van der Waals surface area contributed by atoms with Crippen LogP contribution < -0.4 is 10.1 Å². The average Bonchev–Trinajstić information content (AvgIpc) is 2.98. The van der Waals surface area contributed by atoms with Crippen LogP contribution in [-0.2, 0) is 11.4 Å². The van der Waals surface area contributed by atoms with Crippen LogP contribution in [0.25, 0.3) is 0 Å². The molecule has 1 fully saturated rings. The Morgan fingerprint density at radius 1 is 1.50 bits per heavy atom. The minimum atomic E-state index is 0.0854. The molecule has 104 valence electrons. The summed E-state index contributed by atoms with van der Waals surface area (Å²) in [5.74, 6) is 1.42. The number of thiazole rings is 1. The highest BCUT2D eigenvalue weighted by Crippen LogP contribution is 2.39. The van der Waals surface area contributed by atoms with Crippen molar-refractivity contribution in [3.63, 3.8) is 0 Å². The molecule has 20 heavy (non-hydrogen) atoms. The first-order valence-corrected chi connectivity index (χ1v) is 7.58. The van der Waals surface area contributed by atoms with Crippen LogP contribution in [0.2, 0.25) is 0 Å². The van der Waals surface area contributed by atoms with Gasteiger partial charge in [0.2, 0.25) is 5.91 Å². The third kappa shape index (κ3) is 2.99. The molecule has 1 amide bonds. The van der Waals surface area contributed by atoms with Crippen LogP contribution in [0.3, 0.4) is 0 Å². The Labute approximate surface area is 121 Å². The monoisotopic (exact) mass is 288 g/mol. The molecule has 3 rings (SSSR count). The van der Waals surface area contributed by atoms with Gasteiger partial charge in [0.1, 0.15) is 12.4 Å². The van der Waals surface area contributed by atoms with Crippen molar-refractivity contribution in [1.82, 2.24) is 4.98 Å². The quantitative estimate of drug-likeness (QED) is 0.918. The Kier molecular flexibility index (Phi) is 3.69. The highest BCUT2D eigenvalue weighted by atomic mass is 32.1. The summed E-state index contributed by atoms with van der Waals surface area (Å²) in [4.78, 5) is 16.2. The second-order valence-corrected chi connectivity index (χ2v) is 5.79. The standard InChI is InChI=1S/C15H16N2O2S/c1-10-6-12(10)15(18)17-13-4-2-3-5-14(13)19-7-11-8-20-9-16-11/h2-5,8-10,12H,6-7H2,1H3,(H,17,18)/t10-,12-/m1/s1. The first-order chi connectivity index (χ1) is 9.74. The summed E-state index contributed by atoms with van der Waals surface area (Å²) in [6.45, 7) is 2.51. The van der Waals surface area contributed by atoms with Gasteiger partial charge >= 0.3 is 0 Å². The van der Waals surface area contributed by atoms with Crippen LogP contribution in [-0.4, -0.2) is 10.9 Å². The van der Waals surface area contributed by atoms with E-state index in [-0.39, 0.29) is 11.8 Å². The van der Waals surface area contributed by atoms with Crippen molar-refractivity contribution in [3.8, 4) is 5.75 Å². The molecule has 4 nitrogen and oxygen atoms in total. The SMILES string of the molecule is C[C@@H]1C[C@H]1C(=O)Nc1ccccc1OCc1cscn1. The fraction of sp³-hybridized carbons (Fsp3) is 0.333. The molecule has 0 spiro atoms. The molecular formula is C15H16N2O2S. The van der Waals surface area contributed by atoms with Crippen molar-refractivity contribution in [3.05, 3.63) is 40.8 Å². The number of nitrogens with one attached hydrogen (secondary N) is 1. The summed E-state index contributed by atoms with van der Waals surface area (Å²) in [7, 11) is 0. The van der Waals surface area contributed by atoms with E-state index in [1.807, 2.05) is 29.6 Å². The summed E-state index contributed by atoms with van der Waals surface area (Å²) in [6.07, 6.45) is 0.980. The molecule has 1 aliphatic rings. The van der Waals surface area contributed by atoms with Gasteiger partial charge in [0, 0.05) is 11.3 Å². The molecule has 2 aromatic rings. The van der Waals surface area contributed by atoms with E-state index in [1.165, 1.54) is 0 Å². The van der Waals surface area contributed by atoms with E-state index in [0.717, 1.165) is 17.8 Å². The average molecular weight is 288 g/mol. The van der Waals surface area contributed by atoms with Crippen LogP contribution in [0.4, 0.5) is 5.69 Å². The highest BCUT2D eigenvalue weighted by Gasteiger charge is 2.39. The van der Waals surface area contributed by atoms with E-state index in [9.17, 15) is 4.79 Å². The van der Waals surface area contributed by atoms with Crippen molar-refractivity contribution in [1.29, 1.82) is 0 Å². The first-order valence-electron chi connectivity index (χ1n) is 6.64. The predicted molar refractivity (Wildman–Crippen MR) is 78.8 cm³/mol. The summed E-state index contributed by atoms with van der Waals surface area (Å²) in [5, 5.41) is 4.90. The molecule has 0 saturated heterocycles. The molecule has 0 unspecified atom stereocenters. The molecule has 0 bridgehead atoms. The lowest BCUT2D eigenvalue weighted by molar-refractivity contribution is -0.117. The van der Waals surface area contributed by atoms with Gasteiger partial charge < -0.3 is 10.1 Å². The van der Waals surface area contributed by atoms with Crippen molar-refractivity contribution < 1.29 is 9.53 Å². The molecule has 5 heteroatoms. The Morgan fingerprint density at radius 2 is 2.30 bits per heavy atom. The van der Waals surface area contributed by atoms with Gasteiger partial charge in [0.25, 0.3) is 0 Å². The second kappa shape index (κ2) is 5.63. The Bertz CT molecular complexity index is 598. The van der Waals surface area contributed by atoms with Gasteiger partial charge in [-0.15, -0.1) is 11.3 Å². The van der Waals surface area contributed by atoms with Crippen LogP contribution >= 0.6 is 11.3 Å². The van der Waals surface area contributed by atoms with E-state index in [2.05, 4.69) is 17.2 Å². The maximum Gasteiger partial charge on any atom is 0.227 e. The molecule has 1 heterocycles. The smallest absolute Gasteiger partial charge is 0.227 e. The highest BCUT2D eigenvalue weighted by molar-refractivity contribution is 7.07. The molecule has 0 aliphatic heterocycles. The van der Waals surface area contributed by atoms with Gasteiger partial charge in [-0.25, -0.2) is 4.98 Å². The number of anilines is 1. The lowest BCUT2D eigenvalue weighted by Gasteiger charge is -2.11. The Balaban J connectivity index is 1.66. The zero-order chi connectivity index (χ0) is 13.9. The van der Waals surface area contributed by atoms with E-state index in [4.69, 9.17) is 4.74 Å². The molecule has 0 radical (unpaired) electrons. The number of nitrogens with zero attached hydrogens (tertiary/aromatic N) is 1. The van der Waals surface area contributed by atoms with Crippen molar-refractivity contribution in [2.75, 3.05) is 5.32 Å². The van der Waals surface area contributed by atoms with E-state index in [1.54, 1.807) is 16.8 Å². The van der Waals surface area contributed by atoms with E-state index >= 15 is 0 Å². The number of carbonyl (C=O) groups is 1. The van der Waals surface area contributed by atoms with Gasteiger partial charge in [-0.3, -0.25) is 4.79 Å². The largest absolute Gasteiger partial charge is 0.485 e.